The van der Waals surface area contributed by atoms with Crippen LogP contribution < -0.4 is 41.0 Å². The van der Waals surface area contributed by atoms with Gasteiger partial charge < -0.3 is 85.4 Å². The third-order valence-electron chi connectivity index (χ3n) is 13.3. The van der Waals surface area contributed by atoms with Crippen molar-refractivity contribution in [3.63, 3.8) is 0 Å². The number of carbonyl (C=O) groups excluding carboxylic acids is 3. The van der Waals surface area contributed by atoms with Crippen LogP contribution >= 0.6 is 0 Å². The van der Waals surface area contributed by atoms with Gasteiger partial charge in [-0.25, -0.2) is 44.3 Å². The Kier molecular flexibility index (Phi) is 25.1. The quantitative estimate of drug-likeness (QED) is 0.0193. The lowest BCUT2D eigenvalue weighted by atomic mass is 10.0. The fourth-order valence-electron chi connectivity index (χ4n) is 9.15. The van der Waals surface area contributed by atoms with E-state index in [-0.39, 0.29) is 45.8 Å². The summed E-state index contributed by atoms with van der Waals surface area (Å²) in [6, 6.07) is 9.68. The van der Waals surface area contributed by atoms with E-state index in [2.05, 4.69) is 65.9 Å². The van der Waals surface area contributed by atoms with Crippen molar-refractivity contribution in [2.45, 2.75) is 127 Å². The maximum absolute atomic E-state index is 13.7. The van der Waals surface area contributed by atoms with Gasteiger partial charge in [0.25, 0.3) is 0 Å². The first kappa shape index (κ1) is 70.6. The predicted molar refractivity (Wildman–Crippen MR) is 326 cm³/mol. The van der Waals surface area contributed by atoms with Crippen LogP contribution in [0.3, 0.4) is 0 Å². The van der Waals surface area contributed by atoms with Crippen LogP contribution in [0.5, 0.6) is 11.5 Å². The number of nitrogens with zero attached hydrogens (tertiary/aromatic N) is 16. The van der Waals surface area contributed by atoms with Gasteiger partial charge in [-0.2, -0.15) is 0 Å². The number of amides is 3. The van der Waals surface area contributed by atoms with Crippen molar-refractivity contribution in [2.75, 3.05) is 77.5 Å². The minimum absolute atomic E-state index is 0.0668. The Hall–Kier alpha value is -9.44. The molecule has 10 N–H and O–H groups in total. The number of hydrogen-bond acceptors (Lipinski definition) is 25. The summed E-state index contributed by atoms with van der Waals surface area (Å²) in [7, 11) is 7.35. The number of imidazole rings is 2. The number of aliphatic hydroxyl groups is 4. The molecule has 6 aromatic rings. The number of alkyl carbamates (subject to hydrolysis) is 2. The highest BCUT2D eigenvalue weighted by Crippen LogP contribution is 2.34. The summed E-state index contributed by atoms with van der Waals surface area (Å²) in [5.74, 6) is 0.568. The second-order valence-electron chi connectivity index (χ2n) is 23.0. The average Bonchev–Trinajstić information content (AvgIpc) is 1.64. The molecule has 8 rings (SSSR count). The molecule has 35 heteroatoms. The number of aliphatic carboxylic acids is 1. The molecule has 2 fully saturated rings. The summed E-state index contributed by atoms with van der Waals surface area (Å²) < 4.78 is 36.1. The van der Waals surface area contributed by atoms with Crippen molar-refractivity contribution in [3.8, 4) is 11.5 Å². The van der Waals surface area contributed by atoms with Crippen molar-refractivity contribution < 1.29 is 73.1 Å². The molecule has 4 unspecified atom stereocenters. The fourth-order valence-corrected chi connectivity index (χ4v) is 9.15. The molecule has 2 saturated heterocycles. The molecule has 0 radical (unpaired) electrons. The molecule has 2 aliphatic heterocycles. The van der Waals surface area contributed by atoms with E-state index in [4.69, 9.17) is 45.2 Å². The molecule has 0 aliphatic carbocycles. The molecule has 2 aromatic carbocycles. The van der Waals surface area contributed by atoms with Gasteiger partial charge in [-0.3, -0.25) is 13.9 Å². The third kappa shape index (κ3) is 19.8. The number of rotatable bonds is 23. The number of azide groups is 2. The van der Waals surface area contributed by atoms with Crippen molar-refractivity contribution >= 4 is 58.0 Å². The van der Waals surface area contributed by atoms with Gasteiger partial charge in [0.2, 0.25) is 5.91 Å². The first-order valence-corrected chi connectivity index (χ1v) is 28.5. The number of nitrogens with one attached hydrogen (secondary N) is 3. The highest BCUT2D eigenvalue weighted by atomic mass is 16.6. The molecule has 4 aromatic heterocycles. The number of carboxylic acids is 1. The number of hydrogen-bond donors (Lipinski definition) is 9. The zero-order chi connectivity index (χ0) is 66.7. The summed E-state index contributed by atoms with van der Waals surface area (Å²) >= 11 is 0. The van der Waals surface area contributed by atoms with Crippen LogP contribution in [0.25, 0.3) is 43.2 Å². The van der Waals surface area contributed by atoms with Gasteiger partial charge in [0.05, 0.1) is 64.3 Å². The van der Waals surface area contributed by atoms with Gasteiger partial charge in [-0.15, -0.1) is 0 Å². The van der Waals surface area contributed by atoms with E-state index in [1.54, 1.807) is 99.5 Å². The van der Waals surface area contributed by atoms with Crippen LogP contribution in [0, 0.1) is 0 Å². The number of aromatic nitrogens is 8. The number of fused-ring (bicyclic) bond motifs is 2. The smallest absolute Gasteiger partial charge is 0.408 e. The molecular weight excluding hydrogens is 1190 g/mol. The van der Waals surface area contributed by atoms with Crippen LogP contribution in [-0.2, 0) is 41.4 Å². The molecule has 0 spiro atoms. The molecule has 0 bridgehead atoms. The van der Waals surface area contributed by atoms with Crippen LogP contribution in [0.2, 0.25) is 0 Å². The predicted octanol–water partition coefficient (Wildman–Crippen LogP) is 2.82. The molecule has 3 amide bonds. The van der Waals surface area contributed by atoms with E-state index < -0.39 is 103 Å². The molecule has 6 heterocycles. The lowest BCUT2D eigenvalue weighted by Gasteiger charge is -2.26. The van der Waals surface area contributed by atoms with Gasteiger partial charge in [0.15, 0.2) is 46.4 Å². The molecule has 2 aliphatic rings. The van der Waals surface area contributed by atoms with E-state index in [1.165, 1.54) is 29.9 Å². The van der Waals surface area contributed by atoms with E-state index in [1.807, 2.05) is 33.1 Å². The van der Waals surface area contributed by atoms with Crippen LogP contribution in [-0.4, -0.2) is 216 Å². The molecule has 91 heavy (non-hydrogen) atoms. The van der Waals surface area contributed by atoms with Gasteiger partial charge >= 0.3 is 18.2 Å². The lowest BCUT2D eigenvalue weighted by Crippen LogP contribution is -2.56. The summed E-state index contributed by atoms with van der Waals surface area (Å²) in [4.78, 5) is 84.0. The van der Waals surface area contributed by atoms with Gasteiger partial charge in [0.1, 0.15) is 71.9 Å². The Labute approximate surface area is 522 Å². The topological polar surface area (TPSA) is 478 Å². The van der Waals surface area contributed by atoms with Crippen molar-refractivity contribution in [1.29, 1.82) is 0 Å². The maximum atomic E-state index is 13.7. The Morgan fingerprint density at radius 1 is 0.659 bits per heavy atom. The normalized spacial score (nSPS) is 20.0. The standard InChI is InChI=1S/C28H38N10O7.C16H22N4O5.C12H18N6O3/c1-28(2,3)45-27(42)34-18(12-16-6-8-17(9-7-16)43-11-10-33-36-29)25(41)35-20-19(13-39)44-26(22(20)40)38-15-32-21-23(37(4)5)30-14-31-24(21)38;1-16(2,3)25-15(23)19-13(14(21)22)10-11-4-6-12(7-5-11)24-9-8-18-20-17;1-17(2)10-8-11(15-4-14-10)18(5-16-8)12-9(20)7(13)6(3-19)21-12/h6-9,14-15,18-20,22,26,39-40H,10-13H2,1-5H3,(H,34,42)(H,35,41);4-7,13H,8-10H2,1-3H3,(H,19,23)(H,21,22);4-7,9,12,19-20H,3,13H2,1-2H3/t18?,19-,20?,22+,26-;;6-,7?,9+,12-/m1.1/s1. The average molecular weight is 1270 g/mol. The van der Waals surface area contributed by atoms with Crippen LogP contribution in [0.1, 0.15) is 65.1 Å². The van der Waals surface area contributed by atoms with Crippen molar-refractivity contribution in [1.82, 2.24) is 55.0 Å². The van der Waals surface area contributed by atoms with Crippen molar-refractivity contribution in [3.05, 3.63) is 106 Å². The van der Waals surface area contributed by atoms with Gasteiger partial charge in [-0.05, 0) is 88.0 Å². The lowest BCUT2D eigenvalue weighted by molar-refractivity contribution is -0.139. The zero-order valence-electron chi connectivity index (χ0n) is 51.9. The second kappa shape index (κ2) is 32.3. The van der Waals surface area contributed by atoms with Gasteiger partial charge in [-0.1, -0.05) is 34.5 Å². The first-order chi connectivity index (χ1) is 43.2. The third-order valence-corrected chi connectivity index (χ3v) is 13.3. The first-order valence-electron chi connectivity index (χ1n) is 28.5. The second-order valence-corrected chi connectivity index (χ2v) is 23.0. The van der Waals surface area contributed by atoms with Crippen molar-refractivity contribution in [2.24, 2.45) is 16.0 Å². The fraction of sp³-hybridized carbons (Fsp3) is 0.536. The molecule has 492 valence electrons. The van der Waals surface area contributed by atoms with Crippen LogP contribution in [0.15, 0.2) is 84.1 Å². The summed E-state index contributed by atoms with van der Waals surface area (Å²) in [5, 5.41) is 64.6. The summed E-state index contributed by atoms with van der Waals surface area (Å²) in [5.41, 5.74) is 24.3. The Morgan fingerprint density at radius 2 is 1.08 bits per heavy atom. The minimum atomic E-state index is -1.31. The molecule has 10 atom stereocenters. The SMILES string of the molecule is CC(C)(C)OC(=O)NC(Cc1ccc(OCCN=[N+]=[N-])cc1)C(=O)O.CN(C)c1ncnc2c1ncn2[C@@H]1O[C@H](CO)C(N)[C@@H]1O.CN(C)c1ncnc2c1ncn2[C@@H]1O[C@H](CO)C(NC(=O)C(Cc2ccc(OCCN=[N+]=[N-])cc2)NC(=O)OC(C)(C)C)[C@@H]1O. The van der Waals surface area contributed by atoms with E-state index in [9.17, 15) is 44.7 Å². The largest absolute Gasteiger partial charge is 0.493 e. The highest BCUT2D eigenvalue weighted by molar-refractivity contribution is 5.87. The Morgan fingerprint density at radius 3 is 1.47 bits per heavy atom. The Balaban J connectivity index is 0.000000240. The molecule has 0 saturated carbocycles. The monoisotopic (exact) mass is 1270 g/mol. The number of aliphatic hydroxyl groups excluding tert-OH is 4. The maximum Gasteiger partial charge on any atom is 0.408 e. The van der Waals surface area contributed by atoms with E-state index in [0.717, 1.165) is 0 Å². The highest BCUT2D eigenvalue weighted by Gasteiger charge is 2.47. The number of anilines is 2. The minimum Gasteiger partial charge on any atom is -0.493 e. The molecule has 35 nitrogen and oxygen atoms in total. The van der Waals surface area contributed by atoms with E-state index in [0.29, 0.717) is 56.6 Å². The number of benzene rings is 2. The Bertz CT molecular complexity index is 3480. The summed E-state index contributed by atoms with van der Waals surface area (Å²) in [6.45, 7) is 10.3. The number of carbonyl (C=O) groups is 4. The van der Waals surface area contributed by atoms with E-state index >= 15 is 0 Å². The number of carboxylic acid groups (broad SMARTS) is 1. The van der Waals surface area contributed by atoms with Gasteiger partial charge in [0, 0.05) is 50.9 Å². The number of nitrogens with two attached hydrogens (primary N) is 1. The number of ether oxygens (including phenoxy) is 6. The van der Waals surface area contributed by atoms with Crippen LogP contribution in [0.4, 0.5) is 21.2 Å². The zero-order valence-corrected chi connectivity index (χ0v) is 51.9. The summed E-state index contributed by atoms with van der Waals surface area (Å²) in [6.07, 6.45) is -1.24. The molecular formula is C56H78N20O15.